The molecule has 3 nitrogen and oxygen atoms in total. The van der Waals surface area contributed by atoms with Gasteiger partial charge in [0.2, 0.25) is 5.79 Å². The minimum atomic E-state index is -1.80. The summed E-state index contributed by atoms with van der Waals surface area (Å²) >= 11 is 0. The van der Waals surface area contributed by atoms with Gasteiger partial charge in [-0.05, 0) is 24.3 Å². The molecule has 0 bridgehead atoms. The van der Waals surface area contributed by atoms with Gasteiger partial charge in [-0.2, -0.15) is 0 Å². The topological polar surface area (TPSA) is 52.8 Å². The Morgan fingerprint density at radius 2 is 2.09 bits per heavy atom. The normalized spacial score (nSPS) is 24.5. The molecule has 1 aliphatic carbocycles. The summed E-state index contributed by atoms with van der Waals surface area (Å²) in [5.41, 5.74) is 1.54. The van der Waals surface area contributed by atoms with Crippen molar-refractivity contribution in [2.24, 2.45) is 4.99 Å². The highest BCUT2D eigenvalue weighted by Crippen LogP contribution is 2.20. The van der Waals surface area contributed by atoms with Gasteiger partial charge < -0.3 is 10.2 Å². The van der Waals surface area contributed by atoms with Crippen LogP contribution in [0.2, 0.25) is 0 Å². The van der Waals surface area contributed by atoms with Gasteiger partial charge in [-0.1, -0.05) is 0 Å². The van der Waals surface area contributed by atoms with E-state index in [9.17, 15) is 0 Å². The molecule has 0 amide bonds. The lowest BCUT2D eigenvalue weighted by Gasteiger charge is -2.17. The SMILES string of the molecule is OC1(O)C=CC2=NC=CC2=C1. The first-order chi connectivity index (χ1) is 5.17. The maximum absolute atomic E-state index is 9.12. The van der Waals surface area contributed by atoms with Crippen molar-refractivity contribution in [2.45, 2.75) is 5.79 Å². The van der Waals surface area contributed by atoms with Crippen LogP contribution in [-0.2, 0) is 0 Å². The molecule has 0 saturated heterocycles. The van der Waals surface area contributed by atoms with Crippen LogP contribution in [0.15, 0.2) is 41.1 Å². The minimum absolute atomic E-state index is 0.762. The summed E-state index contributed by atoms with van der Waals surface area (Å²) in [6, 6.07) is 0. The molecule has 56 valence electrons. The monoisotopic (exact) mass is 149 g/mol. The maximum atomic E-state index is 9.12. The molecular weight excluding hydrogens is 142 g/mol. The molecule has 1 heterocycles. The number of nitrogens with zero attached hydrogens (tertiary/aromatic N) is 1. The second-order valence-corrected chi connectivity index (χ2v) is 2.55. The van der Waals surface area contributed by atoms with Crippen LogP contribution < -0.4 is 0 Å². The summed E-state index contributed by atoms with van der Waals surface area (Å²) in [6.45, 7) is 0. The Labute approximate surface area is 63.7 Å². The number of hydrogen-bond acceptors (Lipinski definition) is 3. The van der Waals surface area contributed by atoms with Crippen LogP contribution >= 0.6 is 0 Å². The average molecular weight is 149 g/mol. The van der Waals surface area contributed by atoms with E-state index in [0.717, 1.165) is 11.3 Å². The summed E-state index contributed by atoms with van der Waals surface area (Å²) in [7, 11) is 0. The highest BCUT2D eigenvalue weighted by atomic mass is 16.5. The van der Waals surface area contributed by atoms with E-state index in [4.69, 9.17) is 10.2 Å². The quantitative estimate of drug-likeness (QED) is 0.481. The first kappa shape index (κ1) is 6.52. The number of allylic oxidation sites excluding steroid dienone is 3. The van der Waals surface area contributed by atoms with Crippen molar-refractivity contribution >= 4 is 5.71 Å². The molecule has 0 saturated carbocycles. The van der Waals surface area contributed by atoms with Gasteiger partial charge in [-0.25, -0.2) is 0 Å². The Morgan fingerprint density at radius 1 is 1.27 bits per heavy atom. The molecule has 0 unspecified atom stereocenters. The number of fused-ring (bicyclic) bond motifs is 1. The van der Waals surface area contributed by atoms with Gasteiger partial charge in [0.1, 0.15) is 0 Å². The Kier molecular flexibility index (Phi) is 1.13. The van der Waals surface area contributed by atoms with E-state index in [0.29, 0.717) is 0 Å². The Hall–Kier alpha value is -1.19. The lowest BCUT2D eigenvalue weighted by molar-refractivity contribution is -0.0746. The summed E-state index contributed by atoms with van der Waals surface area (Å²) < 4.78 is 0. The van der Waals surface area contributed by atoms with E-state index in [-0.39, 0.29) is 0 Å². The van der Waals surface area contributed by atoms with Gasteiger partial charge in [0, 0.05) is 11.8 Å². The number of aliphatic imine (C=N–C) groups is 1. The Balaban J connectivity index is 2.45. The van der Waals surface area contributed by atoms with E-state index < -0.39 is 5.79 Å². The van der Waals surface area contributed by atoms with Crippen molar-refractivity contribution < 1.29 is 10.2 Å². The molecule has 0 spiro atoms. The van der Waals surface area contributed by atoms with Crippen LogP contribution in [0.5, 0.6) is 0 Å². The molecule has 2 N–H and O–H groups in total. The number of rotatable bonds is 0. The fourth-order valence-electron chi connectivity index (χ4n) is 1.10. The van der Waals surface area contributed by atoms with E-state index in [1.54, 1.807) is 18.4 Å². The zero-order chi connectivity index (χ0) is 7.90. The van der Waals surface area contributed by atoms with Gasteiger partial charge in [0.15, 0.2) is 0 Å². The van der Waals surface area contributed by atoms with E-state index in [1.807, 2.05) is 0 Å². The lowest BCUT2D eigenvalue weighted by Crippen LogP contribution is -2.25. The molecule has 11 heavy (non-hydrogen) atoms. The van der Waals surface area contributed by atoms with Crippen LogP contribution in [0, 0.1) is 0 Å². The van der Waals surface area contributed by atoms with Crippen molar-refractivity contribution in [3.8, 4) is 0 Å². The van der Waals surface area contributed by atoms with Gasteiger partial charge in [0.05, 0.1) is 5.71 Å². The molecular formula is C8H7NO2. The summed E-state index contributed by atoms with van der Waals surface area (Å²) in [6.07, 6.45) is 7.61. The lowest BCUT2D eigenvalue weighted by atomic mass is 10.0. The van der Waals surface area contributed by atoms with Crippen molar-refractivity contribution in [3.63, 3.8) is 0 Å². The van der Waals surface area contributed by atoms with Crippen molar-refractivity contribution in [1.29, 1.82) is 0 Å². The number of aliphatic hydroxyl groups is 2. The second kappa shape index (κ2) is 1.90. The minimum Gasteiger partial charge on any atom is -0.359 e. The molecule has 3 heteroatoms. The fourth-order valence-corrected chi connectivity index (χ4v) is 1.10. The zero-order valence-electron chi connectivity index (χ0n) is 5.73. The van der Waals surface area contributed by atoms with Crippen LogP contribution in [0.25, 0.3) is 0 Å². The zero-order valence-corrected chi connectivity index (χ0v) is 5.73. The van der Waals surface area contributed by atoms with Crippen molar-refractivity contribution in [2.75, 3.05) is 0 Å². The molecule has 0 atom stereocenters. The van der Waals surface area contributed by atoms with Crippen LogP contribution in [0.3, 0.4) is 0 Å². The van der Waals surface area contributed by atoms with Crippen LogP contribution in [-0.4, -0.2) is 21.7 Å². The van der Waals surface area contributed by atoms with Gasteiger partial charge in [-0.15, -0.1) is 0 Å². The van der Waals surface area contributed by atoms with E-state index in [1.165, 1.54) is 12.2 Å². The standard InChI is InChI=1S/C8H7NO2/c10-8(11)3-1-7-6(5-8)2-4-9-7/h1-5,10-11H. The highest BCUT2D eigenvalue weighted by Gasteiger charge is 2.22. The van der Waals surface area contributed by atoms with Crippen LogP contribution in [0.4, 0.5) is 0 Å². The fraction of sp³-hybridized carbons (Fsp3) is 0.125. The molecule has 1 aliphatic heterocycles. The van der Waals surface area contributed by atoms with Crippen molar-refractivity contribution in [3.05, 3.63) is 36.1 Å². The molecule has 2 aliphatic rings. The van der Waals surface area contributed by atoms with Crippen LogP contribution in [0.1, 0.15) is 0 Å². The predicted molar refractivity (Wildman–Crippen MR) is 41.0 cm³/mol. The molecule has 0 radical (unpaired) electrons. The van der Waals surface area contributed by atoms with E-state index >= 15 is 0 Å². The smallest absolute Gasteiger partial charge is 0.204 e. The maximum Gasteiger partial charge on any atom is 0.204 e. The Bertz CT molecular complexity index is 308. The third kappa shape index (κ3) is 1.04. The average Bonchev–Trinajstić information content (AvgIpc) is 2.31. The third-order valence-electron chi connectivity index (χ3n) is 1.62. The molecule has 0 aromatic carbocycles. The first-order valence-electron chi connectivity index (χ1n) is 3.29. The third-order valence-corrected chi connectivity index (χ3v) is 1.62. The molecule has 0 aromatic rings. The summed E-state index contributed by atoms with van der Waals surface area (Å²) in [4.78, 5) is 3.98. The summed E-state index contributed by atoms with van der Waals surface area (Å²) in [5.74, 6) is -1.80. The van der Waals surface area contributed by atoms with E-state index in [2.05, 4.69) is 4.99 Å². The van der Waals surface area contributed by atoms with Gasteiger partial charge in [0.25, 0.3) is 0 Å². The predicted octanol–water partition coefficient (Wildman–Crippen LogP) is 0.132. The Morgan fingerprint density at radius 3 is 2.91 bits per heavy atom. The largest absolute Gasteiger partial charge is 0.359 e. The molecule has 2 rings (SSSR count). The molecule has 0 aromatic heterocycles. The molecule has 0 fully saturated rings. The number of hydrogen-bond donors (Lipinski definition) is 2. The highest BCUT2D eigenvalue weighted by molar-refractivity contribution is 6.13. The van der Waals surface area contributed by atoms with Gasteiger partial charge in [-0.3, -0.25) is 4.99 Å². The first-order valence-corrected chi connectivity index (χ1v) is 3.29. The van der Waals surface area contributed by atoms with Crippen molar-refractivity contribution in [1.82, 2.24) is 0 Å². The second-order valence-electron chi connectivity index (χ2n) is 2.55. The van der Waals surface area contributed by atoms with Gasteiger partial charge >= 0.3 is 0 Å². The summed E-state index contributed by atoms with van der Waals surface area (Å²) in [5, 5.41) is 18.2.